The van der Waals surface area contributed by atoms with Gasteiger partial charge in [-0.1, -0.05) is 67.4 Å². The molecule has 176 valence electrons. The number of amides is 2. The van der Waals surface area contributed by atoms with Gasteiger partial charge in [0.25, 0.3) is 0 Å². The first-order valence-electron chi connectivity index (χ1n) is 11.7. The molecule has 3 aromatic rings. The number of hydrogen-bond donors (Lipinski definition) is 0. The molecule has 0 fully saturated rings. The molecule has 2 amide bonds. The number of halogens is 1. The molecular weight excluding hydrogens is 464 g/mol. The second kappa shape index (κ2) is 11.5. The van der Waals surface area contributed by atoms with Crippen molar-refractivity contribution < 1.29 is 9.59 Å². The van der Waals surface area contributed by atoms with Crippen LogP contribution in [0.1, 0.15) is 47.4 Å². The van der Waals surface area contributed by atoms with Gasteiger partial charge in [-0.25, -0.2) is 0 Å². The van der Waals surface area contributed by atoms with Gasteiger partial charge in [0.2, 0.25) is 11.8 Å². The highest BCUT2D eigenvalue weighted by molar-refractivity contribution is 7.10. The van der Waals surface area contributed by atoms with E-state index in [1.165, 1.54) is 10.4 Å². The highest BCUT2D eigenvalue weighted by atomic mass is 35.5. The van der Waals surface area contributed by atoms with Crippen LogP contribution in [0.4, 0.5) is 0 Å². The third-order valence-corrected chi connectivity index (χ3v) is 7.36. The minimum Gasteiger partial charge on any atom is -0.330 e. The van der Waals surface area contributed by atoms with Gasteiger partial charge in [0.05, 0.1) is 6.04 Å². The molecule has 34 heavy (non-hydrogen) atoms. The van der Waals surface area contributed by atoms with Gasteiger partial charge < -0.3 is 9.80 Å². The van der Waals surface area contributed by atoms with E-state index in [9.17, 15) is 9.59 Å². The summed E-state index contributed by atoms with van der Waals surface area (Å²) in [6, 6.07) is 19.4. The third-order valence-electron chi connectivity index (χ3n) is 6.11. The number of rotatable bonds is 8. The minimum absolute atomic E-state index is 0.0330. The van der Waals surface area contributed by atoms with E-state index < -0.39 is 0 Å². The van der Waals surface area contributed by atoms with Crippen LogP contribution in [0.3, 0.4) is 0 Å². The lowest BCUT2D eigenvalue weighted by Crippen LogP contribution is -2.46. The van der Waals surface area contributed by atoms with E-state index in [0.29, 0.717) is 18.1 Å². The smallest absolute Gasteiger partial charge is 0.247 e. The molecule has 1 unspecified atom stereocenters. The lowest BCUT2D eigenvalue weighted by molar-refractivity contribution is -0.139. The molecule has 0 aliphatic carbocycles. The van der Waals surface area contributed by atoms with Gasteiger partial charge in [-0.2, -0.15) is 0 Å². The first-order chi connectivity index (χ1) is 16.6. The molecule has 6 heteroatoms. The average Bonchev–Trinajstić information content (AvgIpc) is 3.34. The monoisotopic (exact) mass is 492 g/mol. The van der Waals surface area contributed by atoms with Gasteiger partial charge in [-0.3, -0.25) is 9.59 Å². The predicted molar refractivity (Wildman–Crippen MR) is 140 cm³/mol. The Morgan fingerprint density at radius 2 is 1.88 bits per heavy atom. The molecule has 0 saturated carbocycles. The summed E-state index contributed by atoms with van der Waals surface area (Å²) < 4.78 is 0. The fourth-order valence-electron chi connectivity index (χ4n) is 4.30. The van der Waals surface area contributed by atoms with Crippen LogP contribution in [-0.2, 0) is 16.0 Å². The summed E-state index contributed by atoms with van der Waals surface area (Å²) >= 11 is 7.86. The second-order valence-corrected chi connectivity index (χ2v) is 9.88. The molecule has 0 saturated heterocycles. The summed E-state index contributed by atoms with van der Waals surface area (Å²) in [6.07, 6.45) is 6.02. The largest absolute Gasteiger partial charge is 0.330 e. The van der Waals surface area contributed by atoms with Crippen LogP contribution in [0, 0.1) is 0 Å². The topological polar surface area (TPSA) is 40.6 Å². The zero-order valence-electron chi connectivity index (χ0n) is 19.3. The molecule has 1 aliphatic heterocycles. The van der Waals surface area contributed by atoms with E-state index in [0.717, 1.165) is 30.4 Å². The molecule has 4 rings (SSSR count). The fourth-order valence-corrected chi connectivity index (χ4v) is 5.33. The Balaban J connectivity index is 1.55. The van der Waals surface area contributed by atoms with Crippen molar-refractivity contribution in [1.29, 1.82) is 0 Å². The summed E-state index contributed by atoms with van der Waals surface area (Å²) in [5.74, 6) is -0.170. The lowest BCUT2D eigenvalue weighted by Gasteiger charge is -2.37. The van der Waals surface area contributed by atoms with Crippen molar-refractivity contribution in [3.63, 3.8) is 0 Å². The van der Waals surface area contributed by atoms with Crippen molar-refractivity contribution in [3.8, 4) is 0 Å². The van der Waals surface area contributed by atoms with Crippen LogP contribution in [0.25, 0.3) is 6.08 Å². The molecule has 4 nitrogen and oxygen atoms in total. The zero-order chi connectivity index (χ0) is 23.9. The van der Waals surface area contributed by atoms with E-state index in [1.54, 1.807) is 28.4 Å². The second-order valence-electron chi connectivity index (χ2n) is 8.45. The summed E-state index contributed by atoms with van der Waals surface area (Å²) in [5, 5.41) is 2.76. The van der Waals surface area contributed by atoms with E-state index in [1.807, 2.05) is 59.5 Å². The van der Waals surface area contributed by atoms with Crippen LogP contribution >= 0.6 is 22.9 Å². The number of benzene rings is 2. The third kappa shape index (κ3) is 5.78. The highest BCUT2D eigenvalue weighted by Crippen LogP contribution is 2.38. The Kier molecular flexibility index (Phi) is 8.20. The van der Waals surface area contributed by atoms with Crippen molar-refractivity contribution >= 4 is 40.8 Å². The van der Waals surface area contributed by atoms with E-state index in [-0.39, 0.29) is 24.4 Å². The Morgan fingerprint density at radius 1 is 1.12 bits per heavy atom. The standard InChI is InChI=1S/C28H29ClN2O2S/c1-2-3-17-30(26(32)14-9-21-7-5-4-6-8-21)20-27(33)31-18-15-25-24(16-19-34-25)28(31)22-10-12-23(29)13-11-22/h4-14,16,19,28H,2-3,15,17-18,20H2,1H3. The first kappa shape index (κ1) is 24.2. The van der Waals surface area contributed by atoms with Crippen LogP contribution in [0.15, 0.2) is 72.1 Å². The number of thiophene rings is 1. The number of unbranched alkanes of at least 4 members (excludes halogenated alkanes) is 1. The minimum atomic E-state index is -0.164. The van der Waals surface area contributed by atoms with Gasteiger partial charge in [0.15, 0.2) is 0 Å². The predicted octanol–water partition coefficient (Wildman–Crippen LogP) is 6.22. The van der Waals surface area contributed by atoms with E-state index in [2.05, 4.69) is 18.4 Å². The van der Waals surface area contributed by atoms with Crippen LogP contribution < -0.4 is 0 Å². The van der Waals surface area contributed by atoms with E-state index in [4.69, 9.17) is 11.6 Å². The van der Waals surface area contributed by atoms with Gasteiger partial charge in [0, 0.05) is 29.1 Å². The summed E-state index contributed by atoms with van der Waals surface area (Å²) in [5.41, 5.74) is 3.16. The SMILES string of the molecule is CCCCN(CC(=O)N1CCc2sccc2C1c1ccc(Cl)cc1)C(=O)C=Cc1ccccc1. The first-order valence-corrected chi connectivity index (χ1v) is 13.0. The molecular formula is C28H29ClN2O2S. The maximum absolute atomic E-state index is 13.6. The Morgan fingerprint density at radius 3 is 2.62 bits per heavy atom. The number of carbonyl (C=O) groups is 2. The Bertz CT molecular complexity index is 1140. The number of carbonyl (C=O) groups excluding carboxylic acids is 2. The molecule has 0 N–H and O–H groups in total. The molecule has 0 bridgehead atoms. The van der Waals surface area contributed by atoms with E-state index >= 15 is 0 Å². The molecule has 2 heterocycles. The van der Waals surface area contributed by atoms with Crippen molar-refractivity contribution in [2.75, 3.05) is 19.6 Å². The Labute approximate surface area is 210 Å². The fraction of sp³-hybridized carbons (Fsp3) is 0.286. The molecule has 1 aliphatic rings. The van der Waals surface area contributed by atoms with Crippen LogP contribution in [-0.4, -0.2) is 41.2 Å². The number of hydrogen-bond acceptors (Lipinski definition) is 3. The quantitative estimate of drug-likeness (QED) is 0.350. The lowest BCUT2D eigenvalue weighted by atomic mass is 9.93. The maximum atomic E-state index is 13.6. The van der Waals surface area contributed by atoms with Crippen molar-refractivity contribution in [2.45, 2.75) is 32.2 Å². The summed E-state index contributed by atoms with van der Waals surface area (Å²) in [7, 11) is 0. The molecule has 1 aromatic heterocycles. The Hall–Kier alpha value is -2.89. The van der Waals surface area contributed by atoms with Gasteiger partial charge in [-0.05, 0) is 59.2 Å². The van der Waals surface area contributed by atoms with Gasteiger partial charge >= 0.3 is 0 Å². The number of nitrogens with zero attached hydrogens (tertiary/aromatic N) is 2. The molecule has 2 aromatic carbocycles. The van der Waals surface area contributed by atoms with Gasteiger partial charge in [-0.15, -0.1) is 11.3 Å². The number of fused-ring (bicyclic) bond motifs is 1. The maximum Gasteiger partial charge on any atom is 0.247 e. The summed E-state index contributed by atoms with van der Waals surface area (Å²) in [4.78, 5) is 31.6. The summed E-state index contributed by atoms with van der Waals surface area (Å²) in [6.45, 7) is 3.35. The molecule has 1 atom stereocenters. The van der Waals surface area contributed by atoms with Crippen LogP contribution in [0.5, 0.6) is 0 Å². The van der Waals surface area contributed by atoms with Crippen molar-refractivity contribution in [1.82, 2.24) is 9.80 Å². The molecule has 0 spiro atoms. The molecule has 0 radical (unpaired) electrons. The van der Waals surface area contributed by atoms with Crippen LogP contribution in [0.2, 0.25) is 5.02 Å². The van der Waals surface area contributed by atoms with Gasteiger partial charge in [0.1, 0.15) is 6.54 Å². The van der Waals surface area contributed by atoms with Crippen molar-refractivity contribution in [2.24, 2.45) is 0 Å². The highest BCUT2D eigenvalue weighted by Gasteiger charge is 2.33. The zero-order valence-corrected chi connectivity index (χ0v) is 20.9. The van der Waals surface area contributed by atoms with Crippen molar-refractivity contribution in [3.05, 3.63) is 98.7 Å². The average molecular weight is 493 g/mol. The normalized spacial score (nSPS) is 15.4.